The average Bonchev–Trinajstić information content (AvgIpc) is 1.94. The number of hydrogen-bond donors (Lipinski definition) is 1. The van der Waals surface area contributed by atoms with Crippen molar-refractivity contribution >= 4 is 0 Å². The second-order valence-electron chi connectivity index (χ2n) is 4.29. The highest BCUT2D eigenvalue weighted by molar-refractivity contribution is 5.20. The van der Waals surface area contributed by atoms with Crippen LogP contribution >= 0.6 is 0 Å². The molecule has 2 bridgehead atoms. The smallest absolute Gasteiger partial charge is 0.131 e. The first kappa shape index (κ1) is 8.94. The Balaban J connectivity index is 2.34. The minimum Gasteiger partial charge on any atom is -0.289 e. The Labute approximate surface area is 75.8 Å². The molecule has 1 heterocycles. The molecule has 0 amide bonds. The van der Waals surface area contributed by atoms with Crippen LogP contribution in [0.15, 0.2) is 11.8 Å². The van der Waals surface area contributed by atoms with Gasteiger partial charge in [0, 0.05) is 31.5 Å². The van der Waals surface area contributed by atoms with Crippen molar-refractivity contribution in [2.24, 2.45) is 0 Å². The van der Waals surface area contributed by atoms with Crippen LogP contribution in [0.25, 0.3) is 0 Å². The molecule has 0 saturated carbocycles. The quantitative estimate of drug-likeness (QED) is 0.631. The highest BCUT2D eigenvalue weighted by atomic mass is 19.2. The molecule has 0 aromatic carbocycles. The first-order valence-electron chi connectivity index (χ1n) is 4.46. The average molecular weight is 189 g/mol. The third-order valence-corrected chi connectivity index (χ3v) is 2.73. The number of alkyl halides is 2. The molecule has 1 fully saturated rings. The fourth-order valence-electron chi connectivity index (χ4n) is 2.25. The van der Waals surface area contributed by atoms with Crippen molar-refractivity contribution in [3.8, 4) is 0 Å². The Morgan fingerprint density at radius 2 is 2.23 bits per heavy atom. The minimum atomic E-state index is -1.62. The third kappa shape index (κ3) is 1.55. The van der Waals surface area contributed by atoms with Crippen LogP contribution in [0.3, 0.4) is 0 Å². The molecule has 0 radical (unpaired) electrons. The predicted octanol–water partition coefficient (Wildman–Crippen LogP) is 2.20. The zero-order chi connectivity index (χ0) is 9.69. The summed E-state index contributed by atoms with van der Waals surface area (Å²) in [5, 5.41) is 10.3. The van der Waals surface area contributed by atoms with E-state index in [1.807, 2.05) is 0 Å². The Bertz CT molecular complexity index is 264. The first-order valence-corrected chi connectivity index (χ1v) is 4.46. The van der Waals surface area contributed by atoms with Gasteiger partial charge in [0.2, 0.25) is 0 Å². The summed E-state index contributed by atoms with van der Waals surface area (Å²) in [4.78, 5) is 0. The Morgan fingerprint density at radius 1 is 1.54 bits per heavy atom. The molecule has 4 heteroatoms. The maximum atomic E-state index is 13.9. The molecule has 74 valence electrons. The molecule has 0 aromatic heterocycles. The predicted molar refractivity (Wildman–Crippen MR) is 43.8 cm³/mol. The summed E-state index contributed by atoms with van der Waals surface area (Å²) in [5.41, 5.74) is -2.69. The Hall–Kier alpha value is -0.640. The third-order valence-electron chi connectivity index (χ3n) is 2.73. The Kier molecular flexibility index (Phi) is 1.68. The normalized spacial score (nSPS) is 44.6. The largest absolute Gasteiger partial charge is 0.289 e. The Morgan fingerprint density at radius 3 is 2.92 bits per heavy atom. The summed E-state index contributed by atoms with van der Waals surface area (Å²) in [6, 6.07) is 0. The molecule has 2 unspecified atom stereocenters. The number of rotatable bonds is 0. The number of allylic oxidation sites excluding steroid dienone is 2. The van der Waals surface area contributed by atoms with Gasteiger partial charge in [-0.1, -0.05) is 0 Å². The van der Waals surface area contributed by atoms with Crippen molar-refractivity contribution < 1.29 is 14.0 Å². The van der Waals surface area contributed by atoms with Gasteiger partial charge >= 0.3 is 0 Å². The van der Waals surface area contributed by atoms with E-state index in [4.69, 9.17) is 0 Å². The fraction of sp³-hybridized carbons (Fsp3) is 0.778. The summed E-state index contributed by atoms with van der Waals surface area (Å²) >= 11 is 0. The molecule has 1 aliphatic carbocycles. The molecular weight excluding hydrogens is 176 g/mol. The van der Waals surface area contributed by atoms with E-state index in [9.17, 15) is 14.0 Å². The van der Waals surface area contributed by atoms with Gasteiger partial charge in [0.15, 0.2) is 0 Å². The summed E-state index contributed by atoms with van der Waals surface area (Å²) in [7, 11) is 0. The van der Waals surface area contributed by atoms with E-state index in [2.05, 4.69) is 0 Å². The van der Waals surface area contributed by atoms with Gasteiger partial charge in [-0.05, 0) is 13.0 Å². The van der Waals surface area contributed by atoms with Gasteiger partial charge in [0.25, 0.3) is 0 Å². The van der Waals surface area contributed by atoms with E-state index >= 15 is 0 Å². The van der Waals surface area contributed by atoms with Crippen LogP contribution in [0.2, 0.25) is 0 Å². The number of fused-ring (bicyclic) bond motifs is 2. The summed E-state index contributed by atoms with van der Waals surface area (Å²) in [6.07, 6.45) is 1.59. The van der Waals surface area contributed by atoms with Crippen molar-refractivity contribution in [3.05, 3.63) is 11.8 Å². The molecular formula is C9H13F2NO. The van der Waals surface area contributed by atoms with E-state index in [0.717, 1.165) is 5.06 Å². The lowest BCUT2D eigenvalue weighted by Crippen LogP contribution is -2.46. The number of hydrogen-bond acceptors (Lipinski definition) is 2. The van der Waals surface area contributed by atoms with Crippen LogP contribution < -0.4 is 0 Å². The zero-order valence-electron chi connectivity index (χ0n) is 7.56. The maximum Gasteiger partial charge on any atom is 0.131 e. The molecule has 13 heavy (non-hydrogen) atoms. The minimum absolute atomic E-state index is 0.0860. The molecule has 1 saturated heterocycles. The number of nitrogens with zero attached hydrogens (tertiary/aromatic N) is 1. The zero-order valence-corrected chi connectivity index (χ0v) is 7.56. The van der Waals surface area contributed by atoms with E-state index in [0.29, 0.717) is 5.70 Å². The van der Waals surface area contributed by atoms with Crippen molar-refractivity contribution in [1.82, 2.24) is 5.06 Å². The second-order valence-corrected chi connectivity index (χ2v) is 4.29. The molecule has 0 aromatic rings. The van der Waals surface area contributed by atoms with Crippen LogP contribution in [0.5, 0.6) is 0 Å². The van der Waals surface area contributed by atoms with E-state index in [1.54, 1.807) is 0 Å². The summed E-state index contributed by atoms with van der Waals surface area (Å²) in [6.45, 7) is 1.61. The molecule has 2 rings (SSSR count). The molecule has 2 atom stereocenters. The van der Waals surface area contributed by atoms with Gasteiger partial charge in [-0.15, -0.1) is 0 Å². The summed E-state index contributed by atoms with van der Waals surface area (Å²) < 4.78 is 27.4. The van der Waals surface area contributed by atoms with E-state index in [1.165, 1.54) is 13.0 Å². The first-order chi connectivity index (χ1) is 5.90. The van der Waals surface area contributed by atoms with Crippen LogP contribution in [0, 0.1) is 0 Å². The highest BCUT2D eigenvalue weighted by Gasteiger charge is 2.46. The highest BCUT2D eigenvalue weighted by Crippen LogP contribution is 2.44. The van der Waals surface area contributed by atoms with Crippen molar-refractivity contribution in [1.29, 1.82) is 0 Å². The summed E-state index contributed by atoms with van der Waals surface area (Å²) in [5.74, 6) is 0. The van der Waals surface area contributed by atoms with E-state index < -0.39 is 11.3 Å². The fourth-order valence-corrected chi connectivity index (χ4v) is 2.25. The van der Waals surface area contributed by atoms with E-state index in [-0.39, 0.29) is 25.8 Å². The molecule has 0 spiro atoms. The van der Waals surface area contributed by atoms with Crippen molar-refractivity contribution in [2.45, 2.75) is 37.5 Å². The lowest BCUT2D eigenvalue weighted by Gasteiger charge is -2.42. The SMILES string of the molecule is CC1(F)C=C2CC(F)(CCN2O)C1. The van der Waals surface area contributed by atoms with Gasteiger partial charge < -0.3 is 0 Å². The molecule has 2 aliphatic rings. The van der Waals surface area contributed by atoms with Gasteiger partial charge in [0.05, 0.1) is 0 Å². The number of halogens is 2. The van der Waals surface area contributed by atoms with Crippen molar-refractivity contribution in [2.75, 3.05) is 6.54 Å². The maximum absolute atomic E-state index is 13.9. The molecule has 1 N–H and O–H groups in total. The topological polar surface area (TPSA) is 23.5 Å². The second kappa shape index (κ2) is 2.44. The van der Waals surface area contributed by atoms with Crippen LogP contribution in [0.4, 0.5) is 8.78 Å². The van der Waals surface area contributed by atoms with Crippen molar-refractivity contribution in [3.63, 3.8) is 0 Å². The molecule has 2 nitrogen and oxygen atoms in total. The standard InChI is InChI=1S/C9H13F2NO/c1-8(10)4-7-5-9(11,6-8)2-3-12(7)13/h4,13H,2-3,5-6H2,1H3. The van der Waals surface area contributed by atoms with Crippen LogP contribution in [-0.2, 0) is 0 Å². The van der Waals surface area contributed by atoms with Gasteiger partial charge in [0.1, 0.15) is 11.3 Å². The number of hydroxylamine groups is 2. The van der Waals surface area contributed by atoms with Crippen LogP contribution in [-0.4, -0.2) is 28.2 Å². The van der Waals surface area contributed by atoms with Gasteiger partial charge in [-0.3, -0.25) is 10.3 Å². The van der Waals surface area contributed by atoms with Gasteiger partial charge in [-0.2, -0.15) is 0 Å². The lowest BCUT2D eigenvalue weighted by atomic mass is 9.77. The molecule has 1 aliphatic heterocycles. The van der Waals surface area contributed by atoms with Crippen LogP contribution in [0.1, 0.15) is 26.2 Å². The van der Waals surface area contributed by atoms with Gasteiger partial charge in [-0.25, -0.2) is 8.78 Å². The lowest BCUT2D eigenvalue weighted by molar-refractivity contribution is -0.111. The number of piperidine rings is 1. The monoisotopic (exact) mass is 189 g/mol.